The Bertz CT molecular complexity index is 507. The third-order valence-corrected chi connectivity index (χ3v) is 4.71. The standard InChI is InChI=1S/C11H15Cl2NO3S/c1-3-11(2,7-15)14-18(16,17)10-5-8(12)4-9(13)6-10/h4-6,14-15H,3,7H2,1-2H3. The van der Waals surface area contributed by atoms with E-state index in [2.05, 4.69) is 4.72 Å². The molecule has 0 amide bonds. The van der Waals surface area contributed by atoms with Crippen LogP contribution in [0.5, 0.6) is 0 Å². The van der Waals surface area contributed by atoms with E-state index in [4.69, 9.17) is 23.2 Å². The minimum atomic E-state index is -3.77. The van der Waals surface area contributed by atoms with Crippen molar-refractivity contribution in [2.75, 3.05) is 6.61 Å². The van der Waals surface area contributed by atoms with Crippen LogP contribution in [0.15, 0.2) is 23.1 Å². The van der Waals surface area contributed by atoms with Gasteiger partial charge < -0.3 is 5.11 Å². The Balaban J connectivity index is 3.14. The number of nitrogens with one attached hydrogen (secondary N) is 1. The van der Waals surface area contributed by atoms with E-state index in [0.29, 0.717) is 6.42 Å². The molecular formula is C11H15Cl2NO3S. The lowest BCUT2D eigenvalue weighted by Crippen LogP contribution is -2.48. The van der Waals surface area contributed by atoms with Crippen LogP contribution in [0.25, 0.3) is 0 Å². The van der Waals surface area contributed by atoms with E-state index in [-0.39, 0.29) is 21.5 Å². The smallest absolute Gasteiger partial charge is 0.241 e. The summed E-state index contributed by atoms with van der Waals surface area (Å²) in [5, 5.41) is 9.71. The molecule has 2 N–H and O–H groups in total. The molecule has 1 aromatic rings. The molecule has 0 aliphatic heterocycles. The Kier molecular flexibility index (Phi) is 5.03. The van der Waals surface area contributed by atoms with Crippen LogP contribution < -0.4 is 4.72 Å². The fourth-order valence-electron chi connectivity index (χ4n) is 1.28. The lowest BCUT2D eigenvalue weighted by Gasteiger charge is -2.26. The SMILES string of the molecule is CCC(C)(CO)NS(=O)(=O)c1cc(Cl)cc(Cl)c1. The van der Waals surface area contributed by atoms with E-state index >= 15 is 0 Å². The van der Waals surface area contributed by atoms with Crippen molar-refractivity contribution in [3.63, 3.8) is 0 Å². The maximum Gasteiger partial charge on any atom is 0.241 e. The number of aliphatic hydroxyl groups excluding tert-OH is 1. The quantitative estimate of drug-likeness (QED) is 0.877. The van der Waals surface area contributed by atoms with Gasteiger partial charge in [-0.15, -0.1) is 0 Å². The lowest BCUT2D eigenvalue weighted by atomic mass is 10.0. The van der Waals surface area contributed by atoms with Crippen molar-refractivity contribution in [2.45, 2.75) is 30.7 Å². The van der Waals surface area contributed by atoms with E-state index < -0.39 is 15.6 Å². The molecule has 0 fully saturated rings. The molecule has 0 spiro atoms. The molecule has 0 bridgehead atoms. The average Bonchev–Trinajstić information content (AvgIpc) is 2.27. The molecule has 1 atom stereocenters. The number of sulfonamides is 1. The first-order valence-corrected chi connectivity index (χ1v) is 7.57. The maximum absolute atomic E-state index is 12.1. The van der Waals surface area contributed by atoms with Crippen LogP contribution in [0.3, 0.4) is 0 Å². The monoisotopic (exact) mass is 311 g/mol. The molecule has 0 aliphatic carbocycles. The second-order valence-electron chi connectivity index (χ2n) is 4.28. The van der Waals surface area contributed by atoms with Gasteiger partial charge in [0.25, 0.3) is 0 Å². The van der Waals surface area contributed by atoms with Gasteiger partial charge in [0, 0.05) is 10.0 Å². The number of hydrogen-bond acceptors (Lipinski definition) is 3. The van der Waals surface area contributed by atoms with Gasteiger partial charge in [0.2, 0.25) is 10.0 Å². The molecule has 1 rings (SSSR count). The van der Waals surface area contributed by atoms with Gasteiger partial charge in [-0.2, -0.15) is 0 Å². The third kappa shape index (κ3) is 3.83. The summed E-state index contributed by atoms with van der Waals surface area (Å²) >= 11 is 11.5. The van der Waals surface area contributed by atoms with E-state index in [9.17, 15) is 13.5 Å². The zero-order valence-electron chi connectivity index (χ0n) is 10.1. The van der Waals surface area contributed by atoms with Crippen molar-refractivity contribution in [1.29, 1.82) is 0 Å². The molecule has 7 heteroatoms. The highest BCUT2D eigenvalue weighted by molar-refractivity contribution is 7.89. The summed E-state index contributed by atoms with van der Waals surface area (Å²) in [5.74, 6) is 0. The van der Waals surface area contributed by atoms with E-state index in [1.165, 1.54) is 18.2 Å². The van der Waals surface area contributed by atoms with Crippen LogP contribution >= 0.6 is 23.2 Å². The molecule has 18 heavy (non-hydrogen) atoms. The first-order valence-electron chi connectivity index (χ1n) is 5.33. The highest BCUT2D eigenvalue weighted by Gasteiger charge is 2.28. The lowest BCUT2D eigenvalue weighted by molar-refractivity contribution is 0.191. The van der Waals surface area contributed by atoms with Crippen molar-refractivity contribution in [1.82, 2.24) is 4.72 Å². The van der Waals surface area contributed by atoms with Crippen molar-refractivity contribution >= 4 is 33.2 Å². The number of benzene rings is 1. The third-order valence-electron chi connectivity index (χ3n) is 2.66. The number of hydrogen-bond donors (Lipinski definition) is 2. The summed E-state index contributed by atoms with van der Waals surface area (Å²) < 4.78 is 26.7. The van der Waals surface area contributed by atoms with Gasteiger partial charge >= 0.3 is 0 Å². The summed E-state index contributed by atoms with van der Waals surface area (Å²) in [6, 6.07) is 4.07. The highest BCUT2D eigenvalue weighted by atomic mass is 35.5. The molecule has 0 saturated carbocycles. The fourth-order valence-corrected chi connectivity index (χ4v) is 3.48. The largest absolute Gasteiger partial charge is 0.394 e. The van der Waals surface area contributed by atoms with Crippen molar-refractivity contribution in [3.05, 3.63) is 28.2 Å². The van der Waals surface area contributed by atoms with Gasteiger partial charge in [-0.1, -0.05) is 30.1 Å². The molecule has 102 valence electrons. The van der Waals surface area contributed by atoms with Gasteiger partial charge in [-0.25, -0.2) is 13.1 Å². The van der Waals surface area contributed by atoms with E-state index in [1.807, 2.05) is 0 Å². The molecule has 0 radical (unpaired) electrons. The van der Waals surface area contributed by atoms with Crippen molar-refractivity contribution in [3.8, 4) is 0 Å². The number of halogens is 2. The van der Waals surface area contributed by atoms with Gasteiger partial charge in [0.05, 0.1) is 17.0 Å². The number of aliphatic hydroxyl groups is 1. The second kappa shape index (κ2) is 5.75. The molecule has 0 saturated heterocycles. The number of rotatable bonds is 5. The Labute approximate surface area is 117 Å². The van der Waals surface area contributed by atoms with E-state index in [1.54, 1.807) is 13.8 Å². The molecule has 0 heterocycles. The molecule has 0 aliphatic rings. The summed E-state index contributed by atoms with van der Waals surface area (Å²) in [4.78, 5) is -0.0203. The van der Waals surface area contributed by atoms with Crippen LogP contribution in [0, 0.1) is 0 Å². The molecule has 1 aromatic carbocycles. The summed E-state index contributed by atoms with van der Waals surface area (Å²) in [5.41, 5.74) is -0.909. The minimum Gasteiger partial charge on any atom is -0.394 e. The van der Waals surface area contributed by atoms with Gasteiger partial charge in [-0.3, -0.25) is 0 Å². The van der Waals surface area contributed by atoms with Crippen LogP contribution in [0.1, 0.15) is 20.3 Å². The van der Waals surface area contributed by atoms with Gasteiger partial charge in [-0.05, 0) is 31.5 Å². The van der Waals surface area contributed by atoms with Gasteiger partial charge in [0.15, 0.2) is 0 Å². The highest BCUT2D eigenvalue weighted by Crippen LogP contribution is 2.23. The van der Waals surface area contributed by atoms with Crippen molar-refractivity contribution < 1.29 is 13.5 Å². The zero-order valence-corrected chi connectivity index (χ0v) is 12.4. The second-order valence-corrected chi connectivity index (χ2v) is 6.84. The Hall–Kier alpha value is -0.330. The van der Waals surface area contributed by atoms with Crippen LogP contribution in [-0.4, -0.2) is 25.7 Å². The normalized spacial score (nSPS) is 15.4. The fraction of sp³-hybridized carbons (Fsp3) is 0.455. The molecular weight excluding hydrogens is 297 g/mol. The maximum atomic E-state index is 12.1. The van der Waals surface area contributed by atoms with Crippen LogP contribution in [0.2, 0.25) is 10.0 Å². The predicted octanol–water partition coefficient (Wildman–Crippen LogP) is 2.43. The Morgan fingerprint density at radius 3 is 2.17 bits per heavy atom. The van der Waals surface area contributed by atoms with E-state index in [0.717, 1.165) is 0 Å². The molecule has 4 nitrogen and oxygen atoms in total. The van der Waals surface area contributed by atoms with Crippen LogP contribution in [-0.2, 0) is 10.0 Å². The summed E-state index contributed by atoms with van der Waals surface area (Å²) in [7, 11) is -3.77. The topological polar surface area (TPSA) is 66.4 Å². The molecule has 1 unspecified atom stereocenters. The minimum absolute atomic E-state index is 0.0203. The molecule has 0 aromatic heterocycles. The van der Waals surface area contributed by atoms with Gasteiger partial charge in [0.1, 0.15) is 0 Å². The first-order chi connectivity index (χ1) is 8.22. The Morgan fingerprint density at radius 2 is 1.78 bits per heavy atom. The average molecular weight is 312 g/mol. The van der Waals surface area contributed by atoms with Crippen molar-refractivity contribution in [2.24, 2.45) is 0 Å². The predicted molar refractivity (Wildman–Crippen MR) is 72.6 cm³/mol. The Morgan fingerprint density at radius 1 is 1.28 bits per heavy atom. The van der Waals surface area contributed by atoms with Crippen LogP contribution in [0.4, 0.5) is 0 Å². The first kappa shape index (κ1) is 15.7. The summed E-state index contributed by atoms with van der Waals surface area (Å²) in [6.07, 6.45) is 0.455. The summed E-state index contributed by atoms with van der Waals surface area (Å²) in [6.45, 7) is 3.11. The zero-order chi connectivity index (χ0) is 14.0.